The second kappa shape index (κ2) is 10.2. The molecular weight excluding hydrogens is 468 g/mol. The number of rotatable bonds is 8. The van der Waals surface area contributed by atoms with E-state index in [2.05, 4.69) is 20.3 Å². The van der Waals surface area contributed by atoms with Crippen LogP contribution in [0.4, 0.5) is 19.0 Å². The van der Waals surface area contributed by atoms with E-state index in [0.717, 1.165) is 23.9 Å². The predicted octanol–water partition coefficient (Wildman–Crippen LogP) is 6.05. The van der Waals surface area contributed by atoms with Crippen LogP contribution >= 0.6 is 23.2 Å². The largest absolute Gasteiger partial charge is 0.493 e. The van der Waals surface area contributed by atoms with E-state index >= 15 is 0 Å². The van der Waals surface area contributed by atoms with Crippen molar-refractivity contribution < 1.29 is 22.6 Å². The van der Waals surface area contributed by atoms with Crippen LogP contribution in [0.3, 0.4) is 0 Å². The molecule has 0 aliphatic heterocycles. The number of halogens is 5. The van der Waals surface area contributed by atoms with Crippen molar-refractivity contribution in [2.45, 2.75) is 25.4 Å². The standard InChI is InChI=1S/C21H19Cl2F3N4O2/c1-12-29-15(10-22)19(23)20(30-12)27-8-7-13-3-5-16(17(9-13)31-2)32-18-6-4-14(11-28-18)21(24,25)26/h3-6,9,11H,7-8,10H2,1-2H3,(H,27,29,30). The average Bonchev–Trinajstić information content (AvgIpc) is 2.76. The number of hydrogen-bond acceptors (Lipinski definition) is 6. The summed E-state index contributed by atoms with van der Waals surface area (Å²) in [7, 11) is 1.47. The number of nitrogens with zero attached hydrogens (tertiary/aromatic N) is 3. The number of ether oxygens (including phenoxy) is 2. The molecule has 0 unspecified atom stereocenters. The summed E-state index contributed by atoms with van der Waals surface area (Å²) in [5.74, 6) is 2.03. The van der Waals surface area contributed by atoms with Crippen molar-refractivity contribution >= 4 is 29.0 Å². The highest BCUT2D eigenvalue weighted by Gasteiger charge is 2.30. The van der Waals surface area contributed by atoms with Gasteiger partial charge in [-0.25, -0.2) is 15.0 Å². The van der Waals surface area contributed by atoms with Gasteiger partial charge in [-0.15, -0.1) is 11.6 Å². The van der Waals surface area contributed by atoms with Crippen LogP contribution in [0.5, 0.6) is 17.4 Å². The zero-order chi connectivity index (χ0) is 23.3. The van der Waals surface area contributed by atoms with Crippen LogP contribution in [0.15, 0.2) is 36.5 Å². The Kier molecular flexibility index (Phi) is 7.63. The number of benzene rings is 1. The van der Waals surface area contributed by atoms with Gasteiger partial charge in [-0.3, -0.25) is 0 Å². The summed E-state index contributed by atoms with van der Waals surface area (Å²) in [5, 5.41) is 3.56. The molecule has 11 heteroatoms. The number of aromatic nitrogens is 3. The van der Waals surface area contributed by atoms with E-state index in [1.807, 2.05) is 6.07 Å². The van der Waals surface area contributed by atoms with Gasteiger partial charge in [-0.2, -0.15) is 13.2 Å². The number of hydrogen-bond donors (Lipinski definition) is 1. The molecule has 2 heterocycles. The first kappa shape index (κ1) is 23.9. The smallest absolute Gasteiger partial charge is 0.417 e. The molecule has 0 saturated heterocycles. The lowest BCUT2D eigenvalue weighted by atomic mass is 10.1. The monoisotopic (exact) mass is 486 g/mol. The molecule has 0 spiro atoms. The molecule has 3 aromatic rings. The normalized spacial score (nSPS) is 11.3. The zero-order valence-electron chi connectivity index (χ0n) is 17.1. The summed E-state index contributed by atoms with van der Waals surface area (Å²) in [5.41, 5.74) is 0.641. The minimum atomic E-state index is -4.46. The highest BCUT2D eigenvalue weighted by molar-refractivity contribution is 6.34. The Bertz CT molecular complexity index is 1080. The minimum absolute atomic E-state index is 0.0228. The lowest BCUT2D eigenvalue weighted by Gasteiger charge is -2.13. The molecule has 0 atom stereocenters. The third-order valence-corrected chi connectivity index (χ3v) is 5.02. The fraction of sp³-hybridized carbons (Fsp3) is 0.286. The van der Waals surface area contributed by atoms with Gasteiger partial charge in [-0.1, -0.05) is 17.7 Å². The van der Waals surface area contributed by atoms with Gasteiger partial charge in [0.2, 0.25) is 5.88 Å². The highest BCUT2D eigenvalue weighted by Crippen LogP contribution is 2.34. The quantitative estimate of drug-likeness (QED) is 0.391. The van der Waals surface area contributed by atoms with Gasteiger partial charge in [-0.05, 0) is 37.1 Å². The van der Waals surface area contributed by atoms with E-state index in [1.54, 1.807) is 19.1 Å². The van der Waals surface area contributed by atoms with E-state index in [4.69, 9.17) is 32.7 Å². The molecule has 2 aromatic heterocycles. The molecule has 0 aliphatic rings. The van der Waals surface area contributed by atoms with E-state index < -0.39 is 11.7 Å². The minimum Gasteiger partial charge on any atom is -0.493 e. The molecule has 170 valence electrons. The van der Waals surface area contributed by atoms with Crippen molar-refractivity contribution in [1.82, 2.24) is 15.0 Å². The average molecular weight is 487 g/mol. The van der Waals surface area contributed by atoms with E-state index in [1.165, 1.54) is 7.11 Å². The van der Waals surface area contributed by atoms with Gasteiger partial charge in [0.05, 0.1) is 24.2 Å². The van der Waals surface area contributed by atoms with Crippen LogP contribution in [0.25, 0.3) is 0 Å². The number of anilines is 1. The Balaban J connectivity index is 1.66. The fourth-order valence-electron chi connectivity index (χ4n) is 2.82. The van der Waals surface area contributed by atoms with Crippen LogP contribution < -0.4 is 14.8 Å². The summed E-state index contributed by atoms with van der Waals surface area (Å²) in [6, 6.07) is 7.33. The maximum atomic E-state index is 12.7. The first-order chi connectivity index (χ1) is 15.2. The van der Waals surface area contributed by atoms with E-state index in [0.29, 0.717) is 46.8 Å². The molecule has 0 amide bonds. The van der Waals surface area contributed by atoms with Crippen LogP contribution in [0.1, 0.15) is 22.6 Å². The lowest BCUT2D eigenvalue weighted by Crippen LogP contribution is -2.09. The van der Waals surface area contributed by atoms with Crippen LogP contribution in [-0.2, 0) is 18.5 Å². The molecule has 32 heavy (non-hydrogen) atoms. The molecule has 1 N–H and O–H groups in total. The van der Waals surface area contributed by atoms with Crippen molar-refractivity contribution in [2.24, 2.45) is 0 Å². The Morgan fingerprint density at radius 3 is 2.50 bits per heavy atom. The van der Waals surface area contributed by atoms with Crippen molar-refractivity contribution in [1.29, 1.82) is 0 Å². The molecule has 0 aliphatic carbocycles. The van der Waals surface area contributed by atoms with Gasteiger partial charge in [0.25, 0.3) is 0 Å². The summed E-state index contributed by atoms with van der Waals surface area (Å²) in [6.45, 7) is 2.29. The number of nitrogens with one attached hydrogen (secondary N) is 1. The van der Waals surface area contributed by atoms with Crippen molar-refractivity contribution in [3.63, 3.8) is 0 Å². The molecule has 1 aromatic carbocycles. The third kappa shape index (κ3) is 5.92. The zero-order valence-corrected chi connectivity index (χ0v) is 18.6. The van der Waals surface area contributed by atoms with Crippen molar-refractivity contribution in [3.8, 4) is 17.4 Å². The highest BCUT2D eigenvalue weighted by atomic mass is 35.5. The van der Waals surface area contributed by atoms with Crippen LogP contribution in [0.2, 0.25) is 5.02 Å². The van der Waals surface area contributed by atoms with Gasteiger partial charge < -0.3 is 14.8 Å². The maximum Gasteiger partial charge on any atom is 0.417 e. The van der Waals surface area contributed by atoms with Crippen LogP contribution in [0, 0.1) is 6.92 Å². The molecular formula is C21H19Cl2F3N4O2. The van der Waals surface area contributed by atoms with E-state index in [-0.39, 0.29) is 11.8 Å². The summed E-state index contributed by atoms with van der Waals surface area (Å²) >= 11 is 12.1. The predicted molar refractivity (Wildman–Crippen MR) is 116 cm³/mol. The van der Waals surface area contributed by atoms with Gasteiger partial charge in [0.1, 0.15) is 16.7 Å². The van der Waals surface area contributed by atoms with Crippen molar-refractivity contribution in [3.05, 3.63) is 64.2 Å². The Morgan fingerprint density at radius 1 is 1.09 bits per heavy atom. The molecule has 0 fully saturated rings. The number of pyridine rings is 1. The van der Waals surface area contributed by atoms with Crippen molar-refractivity contribution in [2.75, 3.05) is 19.0 Å². The number of methoxy groups -OCH3 is 1. The topological polar surface area (TPSA) is 69.2 Å². The third-order valence-electron chi connectivity index (χ3n) is 4.37. The van der Waals surface area contributed by atoms with Gasteiger partial charge in [0, 0.05) is 18.8 Å². The van der Waals surface area contributed by atoms with Gasteiger partial charge in [0.15, 0.2) is 11.5 Å². The molecule has 6 nitrogen and oxygen atoms in total. The maximum absolute atomic E-state index is 12.7. The van der Waals surface area contributed by atoms with E-state index in [9.17, 15) is 13.2 Å². The SMILES string of the molecule is COc1cc(CCNc2nc(C)nc(CCl)c2Cl)ccc1Oc1ccc(C(F)(F)F)cn1. The first-order valence-corrected chi connectivity index (χ1v) is 10.3. The number of alkyl halides is 4. The number of aryl methyl sites for hydroxylation is 1. The fourth-order valence-corrected chi connectivity index (χ4v) is 3.30. The van der Waals surface area contributed by atoms with Crippen LogP contribution in [-0.4, -0.2) is 28.6 Å². The summed E-state index contributed by atoms with van der Waals surface area (Å²) in [6.07, 6.45) is -3.12. The second-order valence-electron chi connectivity index (χ2n) is 6.66. The lowest BCUT2D eigenvalue weighted by molar-refractivity contribution is -0.137. The molecule has 3 rings (SSSR count). The summed E-state index contributed by atoms with van der Waals surface area (Å²) in [4.78, 5) is 12.2. The molecule has 0 bridgehead atoms. The Morgan fingerprint density at radius 2 is 1.88 bits per heavy atom. The summed E-state index contributed by atoms with van der Waals surface area (Å²) < 4.78 is 49.0. The first-order valence-electron chi connectivity index (χ1n) is 9.42. The Labute approximate surface area is 192 Å². The molecule has 0 saturated carbocycles. The molecule has 0 radical (unpaired) electrons. The second-order valence-corrected chi connectivity index (χ2v) is 7.31. The Hall–Kier alpha value is -2.78. The van der Waals surface area contributed by atoms with Gasteiger partial charge >= 0.3 is 6.18 Å².